The fourth-order valence-corrected chi connectivity index (χ4v) is 2.81. The largest absolute Gasteiger partial charge is 0.383 e. The van der Waals surface area contributed by atoms with Crippen molar-refractivity contribution in [1.82, 2.24) is 19.6 Å². The van der Waals surface area contributed by atoms with Gasteiger partial charge in [-0.2, -0.15) is 4.37 Å². The number of carbonyl (C=O) groups excluding carboxylic acids is 1. The lowest BCUT2D eigenvalue weighted by Crippen LogP contribution is -2.28. The number of carbonyl (C=O) groups is 1. The van der Waals surface area contributed by atoms with Crippen molar-refractivity contribution in [2.24, 2.45) is 0 Å². The lowest BCUT2D eigenvalue weighted by molar-refractivity contribution is 0.157. The molecular weight excluding hydrogens is 385 g/mol. The monoisotopic (exact) mass is 403 g/mol. The highest BCUT2D eigenvalue weighted by molar-refractivity contribution is 7.09. The van der Waals surface area contributed by atoms with Crippen LogP contribution in [-0.4, -0.2) is 47.6 Å². The molecule has 0 bridgehead atoms. The summed E-state index contributed by atoms with van der Waals surface area (Å²) in [7, 11) is 3.62. The Kier molecular flexibility index (Phi) is 7.86. The number of ether oxygens (including phenoxy) is 1. The third kappa shape index (κ3) is 6.75. The number of nitrogens with one attached hydrogen (secondary N) is 2. The standard InChI is InChI=1S/C15H19Cl2N5O2S/c1-22(5-6-24-2)9-13-19-15(25-21-13)20-14(23)18-8-10-3-4-11(16)12(17)7-10/h3-4,7H,5-6,8-9H2,1-2H3,(H2,18,19,20,21,23). The summed E-state index contributed by atoms with van der Waals surface area (Å²) >= 11 is 12.9. The molecule has 0 aliphatic heterocycles. The third-order valence-corrected chi connectivity index (χ3v) is 4.62. The van der Waals surface area contributed by atoms with Crippen molar-refractivity contribution in [1.29, 1.82) is 0 Å². The predicted molar refractivity (Wildman–Crippen MR) is 100 cm³/mol. The van der Waals surface area contributed by atoms with Gasteiger partial charge in [0.15, 0.2) is 5.82 Å². The van der Waals surface area contributed by atoms with E-state index in [0.717, 1.165) is 23.6 Å². The van der Waals surface area contributed by atoms with Gasteiger partial charge in [-0.1, -0.05) is 29.3 Å². The van der Waals surface area contributed by atoms with E-state index in [-0.39, 0.29) is 6.03 Å². The zero-order chi connectivity index (χ0) is 18.2. The number of likely N-dealkylation sites (N-methyl/N-ethyl adjacent to an activating group) is 1. The zero-order valence-corrected chi connectivity index (χ0v) is 16.2. The van der Waals surface area contributed by atoms with Gasteiger partial charge >= 0.3 is 6.03 Å². The van der Waals surface area contributed by atoms with Crippen LogP contribution >= 0.6 is 34.7 Å². The summed E-state index contributed by atoms with van der Waals surface area (Å²) < 4.78 is 9.25. The minimum Gasteiger partial charge on any atom is -0.383 e. The molecule has 2 aromatic rings. The number of nitrogens with zero attached hydrogens (tertiary/aromatic N) is 3. The molecular formula is C15H19Cl2N5O2S. The summed E-state index contributed by atoms with van der Waals surface area (Å²) in [5.74, 6) is 0.656. The summed E-state index contributed by atoms with van der Waals surface area (Å²) in [6.07, 6.45) is 0. The van der Waals surface area contributed by atoms with Crippen molar-refractivity contribution in [3.63, 3.8) is 0 Å². The molecule has 7 nitrogen and oxygen atoms in total. The van der Waals surface area contributed by atoms with Crippen molar-refractivity contribution in [2.75, 3.05) is 32.6 Å². The number of halogens is 2. The van der Waals surface area contributed by atoms with E-state index in [1.807, 2.05) is 11.9 Å². The molecule has 10 heteroatoms. The van der Waals surface area contributed by atoms with Crippen LogP contribution in [0.4, 0.5) is 9.93 Å². The normalized spacial score (nSPS) is 10.9. The highest BCUT2D eigenvalue weighted by Crippen LogP contribution is 2.22. The van der Waals surface area contributed by atoms with Crippen LogP contribution < -0.4 is 10.6 Å². The fourth-order valence-electron chi connectivity index (χ4n) is 1.91. The van der Waals surface area contributed by atoms with Crippen LogP contribution in [0.1, 0.15) is 11.4 Å². The SMILES string of the molecule is COCCN(C)Cc1nsc(NC(=O)NCc2ccc(Cl)c(Cl)c2)n1. The fraction of sp³-hybridized carbons (Fsp3) is 0.400. The maximum Gasteiger partial charge on any atom is 0.321 e. The molecule has 0 fully saturated rings. The second-order valence-electron chi connectivity index (χ2n) is 5.30. The predicted octanol–water partition coefficient (Wildman–Crippen LogP) is 3.24. The Bertz CT molecular complexity index is 713. The molecule has 2 N–H and O–H groups in total. The van der Waals surface area contributed by atoms with E-state index in [4.69, 9.17) is 27.9 Å². The average molecular weight is 404 g/mol. The van der Waals surface area contributed by atoms with Gasteiger partial charge < -0.3 is 10.1 Å². The Morgan fingerprint density at radius 1 is 1.36 bits per heavy atom. The Morgan fingerprint density at radius 2 is 2.16 bits per heavy atom. The minimum atomic E-state index is -0.360. The first-order chi connectivity index (χ1) is 12.0. The molecule has 0 aliphatic rings. The third-order valence-electron chi connectivity index (χ3n) is 3.21. The summed E-state index contributed by atoms with van der Waals surface area (Å²) in [4.78, 5) is 18.3. The molecule has 0 spiro atoms. The summed E-state index contributed by atoms with van der Waals surface area (Å²) in [6.45, 7) is 2.34. The molecule has 0 atom stereocenters. The van der Waals surface area contributed by atoms with E-state index >= 15 is 0 Å². The smallest absolute Gasteiger partial charge is 0.321 e. The van der Waals surface area contributed by atoms with E-state index in [9.17, 15) is 4.79 Å². The van der Waals surface area contributed by atoms with Crippen LogP contribution in [0.15, 0.2) is 18.2 Å². The Balaban J connectivity index is 1.79. The van der Waals surface area contributed by atoms with Gasteiger partial charge in [0.25, 0.3) is 0 Å². The van der Waals surface area contributed by atoms with E-state index in [2.05, 4.69) is 20.0 Å². The Hall–Kier alpha value is -1.45. The summed E-state index contributed by atoms with van der Waals surface area (Å²) in [6, 6.07) is 4.84. The Morgan fingerprint density at radius 3 is 2.88 bits per heavy atom. The van der Waals surface area contributed by atoms with Gasteiger partial charge in [-0.25, -0.2) is 9.78 Å². The second kappa shape index (κ2) is 9.88. The minimum absolute atomic E-state index is 0.328. The number of urea groups is 1. The zero-order valence-electron chi connectivity index (χ0n) is 13.9. The molecule has 2 rings (SSSR count). The van der Waals surface area contributed by atoms with Gasteiger partial charge in [0.05, 0.1) is 23.2 Å². The van der Waals surface area contributed by atoms with Crippen LogP contribution in [0.25, 0.3) is 0 Å². The quantitative estimate of drug-likeness (QED) is 0.706. The summed E-state index contributed by atoms with van der Waals surface area (Å²) in [5, 5.41) is 6.78. The number of amides is 2. The number of aromatic nitrogens is 2. The number of anilines is 1. The molecule has 0 unspecified atom stereocenters. The van der Waals surface area contributed by atoms with Crippen molar-refractivity contribution in [3.05, 3.63) is 39.6 Å². The van der Waals surface area contributed by atoms with Crippen LogP contribution in [0.5, 0.6) is 0 Å². The van der Waals surface area contributed by atoms with Crippen LogP contribution in [0.2, 0.25) is 10.0 Å². The maximum atomic E-state index is 11.9. The molecule has 0 saturated carbocycles. The topological polar surface area (TPSA) is 79.4 Å². The first-order valence-corrected chi connectivity index (χ1v) is 8.99. The first-order valence-electron chi connectivity index (χ1n) is 7.46. The Labute approximate surface area is 160 Å². The molecule has 136 valence electrons. The van der Waals surface area contributed by atoms with E-state index < -0.39 is 0 Å². The first kappa shape index (κ1) is 19.9. The van der Waals surface area contributed by atoms with E-state index in [0.29, 0.717) is 40.7 Å². The van der Waals surface area contributed by atoms with Gasteiger partial charge in [-0.3, -0.25) is 10.2 Å². The van der Waals surface area contributed by atoms with Gasteiger partial charge in [-0.15, -0.1) is 0 Å². The highest BCUT2D eigenvalue weighted by atomic mass is 35.5. The van der Waals surface area contributed by atoms with Gasteiger partial charge in [0.1, 0.15) is 0 Å². The molecule has 0 radical (unpaired) electrons. The molecule has 1 heterocycles. The molecule has 2 amide bonds. The molecule has 1 aromatic carbocycles. The molecule has 25 heavy (non-hydrogen) atoms. The number of hydrogen-bond donors (Lipinski definition) is 2. The van der Waals surface area contributed by atoms with Crippen LogP contribution in [-0.2, 0) is 17.8 Å². The molecule has 0 aliphatic carbocycles. The second-order valence-corrected chi connectivity index (χ2v) is 6.87. The summed E-state index contributed by atoms with van der Waals surface area (Å²) in [5.41, 5.74) is 0.849. The van der Waals surface area contributed by atoms with Gasteiger partial charge in [0.2, 0.25) is 5.13 Å². The van der Waals surface area contributed by atoms with Crippen molar-refractivity contribution < 1.29 is 9.53 Å². The number of methoxy groups -OCH3 is 1. The maximum absolute atomic E-state index is 11.9. The van der Waals surface area contributed by atoms with Gasteiger partial charge in [-0.05, 0) is 24.7 Å². The lowest BCUT2D eigenvalue weighted by Gasteiger charge is -2.13. The number of benzene rings is 1. The van der Waals surface area contributed by atoms with E-state index in [1.54, 1.807) is 25.3 Å². The average Bonchev–Trinajstić information content (AvgIpc) is 3.00. The number of hydrogen-bond acceptors (Lipinski definition) is 6. The number of rotatable bonds is 8. The van der Waals surface area contributed by atoms with Crippen LogP contribution in [0, 0.1) is 0 Å². The molecule has 1 aromatic heterocycles. The lowest BCUT2D eigenvalue weighted by atomic mass is 10.2. The van der Waals surface area contributed by atoms with Gasteiger partial charge in [0, 0.05) is 31.7 Å². The van der Waals surface area contributed by atoms with Crippen LogP contribution in [0.3, 0.4) is 0 Å². The van der Waals surface area contributed by atoms with E-state index in [1.165, 1.54) is 0 Å². The van der Waals surface area contributed by atoms with Crippen molar-refractivity contribution in [3.8, 4) is 0 Å². The van der Waals surface area contributed by atoms with Crippen molar-refractivity contribution >= 4 is 45.9 Å². The van der Waals surface area contributed by atoms with Crippen molar-refractivity contribution in [2.45, 2.75) is 13.1 Å². The highest BCUT2D eigenvalue weighted by Gasteiger charge is 2.10. The molecule has 0 saturated heterocycles.